The van der Waals surface area contributed by atoms with Gasteiger partial charge in [0.25, 0.3) is 0 Å². The van der Waals surface area contributed by atoms with Crippen molar-refractivity contribution in [2.45, 2.75) is 61.4 Å². The quantitative estimate of drug-likeness (QED) is 0.241. The molecule has 2 rings (SSSR count). The van der Waals surface area contributed by atoms with E-state index < -0.39 is 68.0 Å². The monoisotopic (exact) mass is 370 g/mol. The molecule has 0 radical (unpaired) electrons. The fourth-order valence-electron chi connectivity index (χ4n) is 2.94. The number of methoxy groups -OCH3 is 2. The van der Waals surface area contributed by atoms with Crippen molar-refractivity contribution in [1.82, 2.24) is 0 Å². The van der Waals surface area contributed by atoms with Crippen molar-refractivity contribution in [2.24, 2.45) is 0 Å². The fourth-order valence-corrected chi connectivity index (χ4v) is 2.94. The maximum absolute atomic E-state index is 10.3. The molecule has 0 aromatic heterocycles. The topological polar surface area (TPSA) is 168 Å². The Balaban J connectivity index is 2.10. The van der Waals surface area contributed by atoms with Crippen LogP contribution in [0.4, 0.5) is 0 Å². The first-order valence-electron chi connectivity index (χ1n) is 7.85. The van der Waals surface area contributed by atoms with Gasteiger partial charge in [-0.25, -0.2) is 0 Å². The summed E-state index contributed by atoms with van der Waals surface area (Å²) in [6, 6.07) is 0. The summed E-state index contributed by atoms with van der Waals surface area (Å²) >= 11 is 0. The highest BCUT2D eigenvalue weighted by Gasteiger charge is 2.50. The minimum absolute atomic E-state index is 0.149. The van der Waals surface area contributed by atoms with E-state index in [-0.39, 0.29) is 6.61 Å². The minimum Gasteiger partial charge on any atom is -0.394 e. The van der Waals surface area contributed by atoms with Crippen LogP contribution >= 0.6 is 0 Å². The summed E-state index contributed by atoms with van der Waals surface area (Å²) in [4.78, 5) is 0. The van der Waals surface area contributed by atoms with Crippen LogP contribution < -0.4 is 0 Å². The SMILES string of the molecule is COC(OC)C(O)C1OCC(O)C1O[C@@H]1O[C@H](CO)[C@H](O)[C@H](O)[C@H]1O. The highest BCUT2D eigenvalue weighted by molar-refractivity contribution is 4.94. The lowest BCUT2D eigenvalue weighted by Gasteiger charge is -2.41. The molecule has 148 valence electrons. The summed E-state index contributed by atoms with van der Waals surface area (Å²) in [6.45, 7) is -0.764. The zero-order valence-electron chi connectivity index (χ0n) is 13.9. The molecule has 2 aliphatic rings. The third-order valence-electron chi connectivity index (χ3n) is 4.38. The second-order valence-corrected chi connectivity index (χ2v) is 5.99. The Labute approximate surface area is 144 Å². The highest BCUT2D eigenvalue weighted by Crippen LogP contribution is 2.29. The van der Waals surface area contributed by atoms with Crippen LogP contribution in [-0.2, 0) is 23.7 Å². The van der Waals surface area contributed by atoms with Gasteiger partial charge in [-0.3, -0.25) is 0 Å². The minimum atomic E-state index is -1.64. The zero-order chi connectivity index (χ0) is 18.7. The fraction of sp³-hybridized carbons (Fsp3) is 1.00. The van der Waals surface area contributed by atoms with Crippen molar-refractivity contribution in [1.29, 1.82) is 0 Å². The van der Waals surface area contributed by atoms with Crippen LogP contribution in [0.5, 0.6) is 0 Å². The molecule has 0 bridgehead atoms. The maximum Gasteiger partial charge on any atom is 0.187 e. The van der Waals surface area contributed by atoms with E-state index in [0.29, 0.717) is 0 Å². The zero-order valence-corrected chi connectivity index (χ0v) is 13.9. The predicted molar refractivity (Wildman–Crippen MR) is 78.2 cm³/mol. The molecule has 11 nitrogen and oxygen atoms in total. The molecule has 0 spiro atoms. The Morgan fingerprint density at radius 3 is 2.24 bits per heavy atom. The molecule has 25 heavy (non-hydrogen) atoms. The average Bonchev–Trinajstić information content (AvgIpc) is 2.97. The van der Waals surface area contributed by atoms with Crippen LogP contribution in [0.25, 0.3) is 0 Å². The van der Waals surface area contributed by atoms with Gasteiger partial charge in [0.2, 0.25) is 0 Å². The number of rotatable bonds is 7. The van der Waals surface area contributed by atoms with Gasteiger partial charge in [-0.05, 0) is 0 Å². The molecular weight excluding hydrogens is 344 g/mol. The van der Waals surface area contributed by atoms with Crippen LogP contribution in [0.2, 0.25) is 0 Å². The van der Waals surface area contributed by atoms with Crippen molar-refractivity contribution in [3.05, 3.63) is 0 Å². The number of hydrogen-bond acceptors (Lipinski definition) is 11. The Hall–Kier alpha value is -0.440. The maximum atomic E-state index is 10.3. The molecule has 0 aliphatic carbocycles. The molecule has 0 amide bonds. The smallest absolute Gasteiger partial charge is 0.187 e. The Morgan fingerprint density at radius 2 is 1.68 bits per heavy atom. The van der Waals surface area contributed by atoms with E-state index in [0.717, 1.165) is 0 Å². The van der Waals surface area contributed by atoms with E-state index in [1.807, 2.05) is 0 Å². The number of hydrogen-bond donors (Lipinski definition) is 6. The van der Waals surface area contributed by atoms with Crippen molar-refractivity contribution >= 4 is 0 Å². The van der Waals surface area contributed by atoms with E-state index in [1.54, 1.807) is 0 Å². The third-order valence-corrected chi connectivity index (χ3v) is 4.38. The second-order valence-electron chi connectivity index (χ2n) is 5.99. The third kappa shape index (κ3) is 4.28. The summed E-state index contributed by atoms with van der Waals surface area (Å²) < 4.78 is 26.0. The molecule has 0 aromatic rings. The van der Waals surface area contributed by atoms with Crippen LogP contribution in [-0.4, -0.2) is 119 Å². The van der Waals surface area contributed by atoms with E-state index in [2.05, 4.69) is 0 Å². The lowest BCUT2D eigenvalue weighted by molar-refractivity contribution is -0.321. The van der Waals surface area contributed by atoms with Gasteiger partial charge in [0.05, 0.1) is 13.2 Å². The van der Waals surface area contributed by atoms with Crippen LogP contribution in [0.3, 0.4) is 0 Å². The van der Waals surface area contributed by atoms with Crippen molar-refractivity contribution in [3.63, 3.8) is 0 Å². The van der Waals surface area contributed by atoms with Gasteiger partial charge < -0.3 is 54.3 Å². The van der Waals surface area contributed by atoms with Gasteiger partial charge in [0, 0.05) is 14.2 Å². The molecule has 4 unspecified atom stereocenters. The summed E-state index contributed by atoms with van der Waals surface area (Å²) in [7, 11) is 2.63. The summed E-state index contributed by atoms with van der Waals surface area (Å²) in [6.07, 6.45) is -13.1. The molecule has 6 N–H and O–H groups in total. The molecule has 0 saturated carbocycles. The molecule has 2 heterocycles. The molecule has 9 atom stereocenters. The molecule has 2 aliphatic heterocycles. The van der Waals surface area contributed by atoms with E-state index in [1.165, 1.54) is 14.2 Å². The summed E-state index contributed by atoms with van der Waals surface area (Å²) in [5.74, 6) is 0. The average molecular weight is 370 g/mol. The molecule has 0 aromatic carbocycles. The van der Waals surface area contributed by atoms with Gasteiger partial charge in [0.15, 0.2) is 12.6 Å². The molecular formula is C14H26O11. The predicted octanol–water partition coefficient (Wildman–Crippen LogP) is -4.09. The molecule has 2 fully saturated rings. The van der Waals surface area contributed by atoms with Gasteiger partial charge >= 0.3 is 0 Å². The Bertz CT molecular complexity index is 404. The summed E-state index contributed by atoms with van der Waals surface area (Å²) in [5.41, 5.74) is 0. The second kappa shape index (κ2) is 8.97. The van der Waals surface area contributed by atoms with E-state index in [9.17, 15) is 30.6 Å². The number of aliphatic hydroxyl groups is 6. The van der Waals surface area contributed by atoms with Gasteiger partial charge in [-0.2, -0.15) is 0 Å². The van der Waals surface area contributed by atoms with Crippen LogP contribution in [0.1, 0.15) is 0 Å². The van der Waals surface area contributed by atoms with Gasteiger partial charge in [-0.15, -0.1) is 0 Å². The number of aliphatic hydroxyl groups excluding tert-OH is 6. The first kappa shape index (κ1) is 20.9. The molecule has 11 heteroatoms. The van der Waals surface area contributed by atoms with E-state index >= 15 is 0 Å². The van der Waals surface area contributed by atoms with Crippen molar-refractivity contribution < 1.29 is 54.3 Å². The largest absolute Gasteiger partial charge is 0.394 e. The first-order chi connectivity index (χ1) is 11.8. The van der Waals surface area contributed by atoms with Crippen molar-refractivity contribution in [3.8, 4) is 0 Å². The van der Waals surface area contributed by atoms with E-state index in [4.69, 9.17) is 23.7 Å². The lowest BCUT2D eigenvalue weighted by Crippen LogP contribution is -2.61. The standard InChI is InChI=1S/C14H26O11/c1-21-13(22-2)10(20)12-11(5(16)4-23-12)25-14-9(19)8(18)7(17)6(3-15)24-14/h5-20H,3-4H2,1-2H3/t5?,6-,7+,8+,9-,10?,11?,12?,14+/m1/s1. The van der Waals surface area contributed by atoms with Gasteiger partial charge in [0.1, 0.15) is 48.8 Å². The van der Waals surface area contributed by atoms with Gasteiger partial charge in [-0.1, -0.05) is 0 Å². The number of ether oxygens (including phenoxy) is 5. The Morgan fingerprint density at radius 1 is 1.04 bits per heavy atom. The normalized spacial score (nSPS) is 43.6. The Kier molecular flexibility index (Phi) is 7.49. The summed E-state index contributed by atoms with van der Waals surface area (Å²) in [5, 5.41) is 59.1. The molecule has 2 saturated heterocycles. The van der Waals surface area contributed by atoms with Crippen LogP contribution in [0.15, 0.2) is 0 Å². The first-order valence-corrected chi connectivity index (χ1v) is 7.85. The van der Waals surface area contributed by atoms with Crippen LogP contribution in [0, 0.1) is 0 Å². The van der Waals surface area contributed by atoms with Crippen molar-refractivity contribution in [2.75, 3.05) is 27.4 Å². The lowest BCUT2D eigenvalue weighted by atomic mass is 9.99. The highest BCUT2D eigenvalue weighted by atomic mass is 16.7.